The molecule has 0 aliphatic rings. The molecule has 4 N–H and O–H groups in total. The third-order valence-corrected chi connectivity index (χ3v) is 4.44. The highest BCUT2D eigenvalue weighted by Crippen LogP contribution is 2.14. The summed E-state index contributed by atoms with van der Waals surface area (Å²) in [5.74, 6) is 9.25. The number of nitrogens with one attached hydrogen (secondary N) is 1. The van der Waals surface area contributed by atoms with E-state index in [1.807, 2.05) is 6.07 Å². The second-order valence-electron chi connectivity index (χ2n) is 5.53. The third kappa shape index (κ3) is 5.98. The standard InChI is InChI=1S/C20H17NO5S/c1-13(23)18(20(25)26)21-19(24)15-8-6-14(7-9-15)4-2-3-5-16-10-11-17(12-22)27-16/h6-11,13,18,22-23H,12H2,1H3,(H,21,24)(H,25,26). The topological polar surface area (TPSA) is 107 Å². The minimum absolute atomic E-state index is 0.0115. The van der Waals surface area contributed by atoms with Crippen molar-refractivity contribution in [3.8, 4) is 23.7 Å². The van der Waals surface area contributed by atoms with Gasteiger partial charge in [-0.1, -0.05) is 5.92 Å². The van der Waals surface area contributed by atoms with Gasteiger partial charge in [0.1, 0.15) is 0 Å². The van der Waals surface area contributed by atoms with Crippen LogP contribution in [0, 0.1) is 23.7 Å². The van der Waals surface area contributed by atoms with Crippen molar-refractivity contribution in [3.63, 3.8) is 0 Å². The fourth-order valence-electron chi connectivity index (χ4n) is 2.04. The average molecular weight is 383 g/mol. The molecule has 2 aromatic rings. The highest BCUT2D eigenvalue weighted by atomic mass is 32.1. The second-order valence-corrected chi connectivity index (χ2v) is 6.70. The van der Waals surface area contributed by atoms with Gasteiger partial charge >= 0.3 is 5.97 Å². The van der Waals surface area contributed by atoms with Crippen LogP contribution in [0.15, 0.2) is 36.4 Å². The molecule has 138 valence electrons. The Hall–Kier alpha value is -3.10. The fraction of sp³-hybridized carbons (Fsp3) is 0.200. The van der Waals surface area contributed by atoms with Crippen molar-refractivity contribution < 1.29 is 24.9 Å². The van der Waals surface area contributed by atoms with Gasteiger partial charge in [-0.2, -0.15) is 0 Å². The number of carbonyl (C=O) groups excluding carboxylic acids is 1. The maximum atomic E-state index is 12.1. The molecule has 1 heterocycles. The summed E-state index contributed by atoms with van der Waals surface area (Å²) in [5, 5.41) is 29.7. The SMILES string of the molecule is CC(O)C(NC(=O)c1ccc(C#CC#Cc2ccc(CO)s2)cc1)C(=O)O. The zero-order valence-corrected chi connectivity index (χ0v) is 15.2. The van der Waals surface area contributed by atoms with Gasteiger partial charge < -0.3 is 20.6 Å². The molecule has 0 fully saturated rings. The molecule has 1 aromatic carbocycles. The summed E-state index contributed by atoms with van der Waals surface area (Å²) < 4.78 is 0. The van der Waals surface area contributed by atoms with Crippen molar-refractivity contribution in [2.75, 3.05) is 0 Å². The van der Waals surface area contributed by atoms with Crippen LogP contribution in [0.1, 0.15) is 32.6 Å². The Kier molecular flexibility index (Phi) is 7.16. The fourth-order valence-corrected chi connectivity index (χ4v) is 2.77. The van der Waals surface area contributed by atoms with Gasteiger partial charge in [0.2, 0.25) is 0 Å². The molecule has 1 aromatic heterocycles. The Morgan fingerprint density at radius 1 is 1.11 bits per heavy atom. The zero-order chi connectivity index (χ0) is 19.8. The molecule has 2 atom stereocenters. The normalized spacial score (nSPS) is 12.0. The largest absolute Gasteiger partial charge is 0.480 e. The number of carboxylic acid groups (broad SMARTS) is 1. The molecule has 6 nitrogen and oxygen atoms in total. The van der Waals surface area contributed by atoms with Gasteiger partial charge in [0.15, 0.2) is 6.04 Å². The number of rotatable bonds is 5. The van der Waals surface area contributed by atoms with E-state index in [0.717, 1.165) is 9.75 Å². The van der Waals surface area contributed by atoms with Crippen LogP contribution >= 0.6 is 11.3 Å². The number of amides is 1. The van der Waals surface area contributed by atoms with Crippen molar-refractivity contribution >= 4 is 23.2 Å². The van der Waals surface area contributed by atoms with Crippen LogP contribution in [0.2, 0.25) is 0 Å². The molecular formula is C20H17NO5S. The Morgan fingerprint density at radius 3 is 2.33 bits per heavy atom. The third-order valence-electron chi connectivity index (χ3n) is 3.45. The predicted octanol–water partition coefficient (Wildman–Crippen LogP) is 1.21. The Morgan fingerprint density at radius 2 is 1.78 bits per heavy atom. The Labute approximate surface area is 160 Å². The van der Waals surface area contributed by atoms with Gasteiger partial charge in [0, 0.05) is 16.0 Å². The Balaban J connectivity index is 2.01. The Bertz CT molecular complexity index is 938. The van der Waals surface area contributed by atoms with E-state index in [9.17, 15) is 14.7 Å². The molecule has 0 saturated heterocycles. The lowest BCUT2D eigenvalue weighted by Crippen LogP contribution is -2.47. The molecule has 2 unspecified atom stereocenters. The molecule has 0 bridgehead atoms. The van der Waals surface area contributed by atoms with Gasteiger partial charge in [-0.25, -0.2) is 4.79 Å². The number of aliphatic hydroxyl groups excluding tert-OH is 2. The number of aliphatic hydroxyl groups is 2. The molecule has 27 heavy (non-hydrogen) atoms. The van der Waals surface area contributed by atoms with Gasteiger partial charge in [0.25, 0.3) is 5.91 Å². The summed E-state index contributed by atoms with van der Waals surface area (Å²) in [7, 11) is 0. The first-order valence-corrected chi connectivity index (χ1v) is 8.75. The highest BCUT2D eigenvalue weighted by molar-refractivity contribution is 7.12. The van der Waals surface area contributed by atoms with Crippen LogP contribution in [0.4, 0.5) is 0 Å². The van der Waals surface area contributed by atoms with Crippen LogP contribution in [-0.4, -0.2) is 39.3 Å². The van der Waals surface area contributed by atoms with Gasteiger partial charge in [-0.3, -0.25) is 4.79 Å². The summed E-state index contributed by atoms with van der Waals surface area (Å²) in [5.41, 5.74) is 0.905. The summed E-state index contributed by atoms with van der Waals surface area (Å²) in [6.07, 6.45) is -1.22. The van der Waals surface area contributed by atoms with Crippen molar-refractivity contribution in [1.82, 2.24) is 5.32 Å². The summed E-state index contributed by atoms with van der Waals surface area (Å²) in [6.45, 7) is 1.28. The number of aliphatic carboxylic acids is 1. The summed E-state index contributed by atoms with van der Waals surface area (Å²) in [4.78, 5) is 24.7. The first-order chi connectivity index (χ1) is 12.9. The van der Waals surface area contributed by atoms with Gasteiger partial charge in [-0.15, -0.1) is 11.3 Å². The number of hydrogen-bond donors (Lipinski definition) is 4. The van der Waals surface area contributed by atoms with Crippen LogP contribution in [0.3, 0.4) is 0 Å². The van der Waals surface area contributed by atoms with Crippen LogP contribution < -0.4 is 5.32 Å². The number of carboxylic acids is 1. The maximum absolute atomic E-state index is 12.1. The molecule has 7 heteroatoms. The van der Waals surface area contributed by atoms with E-state index in [1.165, 1.54) is 30.4 Å². The van der Waals surface area contributed by atoms with Crippen molar-refractivity contribution in [2.45, 2.75) is 25.7 Å². The number of carbonyl (C=O) groups is 2. The molecular weight excluding hydrogens is 366 g/mol. The molecule has 0 spiro atoms. The smallest absolute Gasteiger partial charge is 0.328 e. The maximum Gasteiger partial charge on any atom is 0.328 e. The average Bonchev–Trinajstić information content (AvgIpc) is 3.11. The number of benzene rings is 1. The van der Waals surface area contributed by atoms with E-state index in [-0.39, 0.29) is 12.2 Å². The first-order valence-electron chi connectivity index (χ1n) is 7.94. The van der Waals surface area contributed by atoms with E-state index < -0.39 is 24.0 Å². The molecule has 1 amide bonds. The number of thiophene rings is 1. The van der Waals surface area contributed by atoms with E-state index in [1.54, 1.807) is 18.2 Å². The minimum Gasteiger partial charge on any atom is -0.480 e. The summed E-state index contributed by atoms with van der Waals surface area (Å²) >= 11 is 1.40. The van der Waals surface area contributed by atoms with E-state index in [4.69, 9.17) is 10.2 Å². The van der Waals surface area contributed by atoms with Crippen molar-refractivity contribution in [3.05, 3.63) is 57.3 Å². The van der Waals surface area contributed by atoms with Gasteiger partial charge in [-0.05, 0) is 61.1 Å². The molecule has 0 saturated carbocycles. The van der Waals surface area contributed by atoms with Gasteiger partial charge in [0.05, 0.1) is 17.6 Å². The van der Waals surface area contributed by atoms with Crippen LogP contribution in [0.5, 0.6) is 0 Å². The highest BCUT2D eigenvalue weighted by Gasteiger charge is 2.25. The lowest BCUT2D eigenvalue weighted by molar-refractivity contribution is -0.141. The molecule has 0 radical (unpaired) electrons. The monoisotopic (exact) mass is 383 g/mol. The van der Waals surface area contributed by atoms with Crippen molar-refractivity contribution in [1.29, 1.82) is 0 Å². The van der Waals surface area contributed by atoms with E-state index in [0.29, 0.717) is 5.56 Å². The van der Waals surface area contributed by atoms with E-state index >= 15 is 0 Å². The van der Waals surface area contributed by atoms with Crippen LogP contribution in [0.25, 0.3) is 0 Å². The minimum atomic E-state index is -1.38. The quantitative estimate of drug-likeness (QED) is 0.581. The second kappa shape index (κ2) is 9.56. The van der Waals surface area contributed by atoms with Crippen molar-refractivity contribution in [2.24, 2.45) is 0 Å². The molecule has 2 rings (SSSR count). The molecule has 0 aliphatic heterocycles. The zero-order valence-electron chi connectivity index (χ0n) is 14.4. The summed E-state index contributed by atoms with van der Waals surface area (Å²) in [6, 6.07) is 8.51. The van der Waals surface area contributed by atoms with E-state index in [2.05, 4.69) is 29.0 Å². The lowest BCUT2D eigenvalue weighted by atomic mass is 10.1. The predicted molar refractivity (Wildman–Crippen MR) is 101 cm³/mol. The first kappa shape index (κ1) is 20.2. The number of hydrogen-bond acceptors (Lipinski definition) is 5. The van der Waals surface area contributed by atoms with Crippen LogP contribution in [-0.2, 0) is 11.4 Å². The lowest BCUT2D eigenvalue weighted by Gasteiger charge is -2.16. The molecule has 0 aliphatic carbocycles.